The molecule has 0 saturated carbocycles. The Balaban J connectivity index is 1.96. The van der Waals surface area contributed by atoms with Crippen LogP contribution in [0.2, 0.25) is 0 Å². The molecular formula is C25H34N2O3. The molecule has 1 N–H and O–H groups in total. The lowest BCUT2D eigenvalue weighted by Crippen LogP contribution is -2.47. The summed E-state index contributed by atoms with van der Waals surface area (Å²) in [4.78, 5) is 27.3. The van der Waals surface area contributed by atoms with Crippen molar-refractivity contribution in [3.8, 4) is 5.75 Å². The molecular weight excluding hydrogens is 376 g/mol. The monoisotopic (exact) mass is 410 g/mol. The number of nitrogens with zero attached hydrogens (tertiary/aromatic N) is 1. The fraction of sp³-hybridized carbons (Fsp3) is 0.440. The van der Waals surface area contributed by atoms with Crippen molar-refractivity contribution in [2.75, 3.05) is 13.2 Å². The topological polar surface area (TPSA) is 58.6 Å². The Labute approximate surface area is 180 Å². The quantitative estimate of drug-likeness (QED) is 0.525. The SMILES string of the molecule is CCCCNC(=O)C(C)N(Cc1ccc(C)cc1)C(=O)CCCOc1ccccc1. The van der Waals surface area contributed by atoms with Crippen LogP contribution < -0.4 is 10.1 Å². The lowest BCUT2D eigenvalue weighted by Gasteiger charge is -2.29. The van der Waals surface area contributed by atoms with Gasteiger partial charge in [0.15, 0.2) is 0 Å². The van der Waals surface area contributed by atoms with E-state index in [9.17, 15) is 9.59 Å². The minimum Gasteiger partial charge on any atom is -0.494 e. The zero-order valence-electron chi connectivity index (χ0n) is 18.4. The van der Waals surface area contributed by atoms with Crippen LogP contribution >= 0.6 is 0 Å². The minimum atomic E-state index is -0.522. The third-order valence-electron chi connectivity index (χ3n) is 5.02. The van der Waals surface area contributed by atoms with Crippen molar-refractivity contribution in [2.45, 2.75) is 59.0 Å². The van der Waals surface area contributed by atoms with Gasteiger partial charge in [-0.25, -0.2) is 0 Å². The highest BCUT2D eigenvalue weighted by atomic mass is 16.5. The molecule has 0 fully saturated rings. The number of benzene rings is 2. The summed E-state index contributed by atoms with van der Waals surface area (Å²) < 4.78 is 5.69. The molecule has 5 nitrogen and oxygen atoms in total. The van der Waals surface area contributed by atoms with E-state index in [4.69, 9.17) is 4.74 Å². The van der Waals surface area contributed by atoms with Crippen LogP contribution in [-0.4, -0.2) is 35.9 Å². The summed E-state index contributed by atoms with van der Waals surface area (Å²) in [6.45, 7) is 7.43. The summed E-state index contributed by atoms with van der Waals surface area (Å²) >= 11 is 0. The standard InChI is InChI=1S/C25H34N2O3/c1-4-5-17-26-25(29)21(3)27(19-22-15-13-20(2)14-16-22)24(28)12-9-18-30-23-10-7-6-8-11-23/h6-8,10-11,13-16,21H,4-5,9,12,17-19H2,1-3H3,(H,26,29). The zero-order chi connectivity index (χ0) is 21.8. The predicted octanol–water partition coefficient (Wildman–Crippen LogP) is 4.49. The van der Waals surface area contributed by atoms with Crippen LogP contribution in [0.1, 0.15) is 50.7 Å². The van der Waals surface area contributed by atoms with E-state index in [2.05, 4.69) is 12.2 Å². The van der Waals surface area contributed by atoms with E-state index >= 15 is 0 Å². The van der Waals surface area contributed by atoms with E-state index in [1.807, 2.05) is 61.5 Å². The Morgan fingerprint density at radius 3 is 2.40 bits per heavy atom. The second-order valence-corrected chi connectivity index (χ2v) is 7.59. The maximum atomic E-state index is 13.0. The van der Waals surface area contributed by atoms with Gasteiger partial charge in [0.25, 0.3) is 0 Å². The van der Waals surface area contributed by atoms with Crippen LogP contribution in [0.5, 0.6) is 5.75 Å². The number of unbranched alkanes of at least 4 members (excludes halogenated alkanes) is 1. The molecule has 1 unspecified atom stereocenters. The van der Waals surface area contributed by atoms with Crippen molar-refractivity contribution in [2.24, 2.45) is 0 Å². The first-order valence-electron chi connectivity index (χ1n) is 10.8. The Kier molecular flexibility index (Phi) is 9.92. The number of hydrogen-bond acceptors (Lipinski definition) is 3. The van der Waals surface area contributed by atoms with Gasteiger partial charge < -0.3 is 15.0 Å². The second-order valence-electron chi connectivity index (χ2n) is 7.59. The van der Waals surface area contributed by atoms with Crippen LogP contribution in [0.3, 0.4) is 0 Å². The first-order chi connectivity index (χ1) is 14.5. The van der Waals surface area contributed by atoms with Gasteiger partial charge >= 0.3 is 0 Å². The van der Waals surface area contributed by atoms with Gasteiger partial charge in [-0.2, -0.15) is 0 Å². The number of carbonyl (C=O) groups is 2. The highest BCUT2D eigenvalue weighted by Gasteiger charge is 2.25. The number of nitrogens with one attached hydrogen (secondary N) is 1. The summed E-state index contributed by atoms with van der Waals surface area (Å²) in [6, 6.07) is 17.1. The number of para-hydroxylation sites is 1. The van der Waals surface area contributed by atoms with Gasteiger partial charge in [-0.1, -0.05) is 61.4 Å². The maximum Gasteiger partial charge on any atom is 0.242 e. The summed E-state index contributed by atoms with van der Waals surface area (Å²) in [5, 5.41) is 2.94. The molecule has 0 saturated heterocycles. The van der Waals surface area contributed by atoms with Gasteiger partial charge in [0.1, 0.15) is 11.8 Å². The van der Waals surface area contributed by atoms with E-state index in [0.29, 0.717) is 32.5 Å². The maximum absolute atomic E-state index is 13.0. The predicted molar refractivity (Wildman–Crippen MR) is 120 cm³/mol. The first-order valence-corrected chi connectivity index (χ1v) is 10.8. The van der Waals surface area contributed by atoms with Crippen LogP contribution in [0.4, 0.5) is 0 Å². The van der Waals surface area contributed by atoms with Crippen LogP contribution in [0.25, 0.3) is 0 Å². The highest BCUT2D eigenvalue weighted by molar-refractivity contribution is 5.87. The van der Waals surface area contributed by atoms with Gasteiger partial charge in [0.2, 0.25) is 11.8 Å². The Bertz CT molecular complexity index is 775. The fourth-order valence-electron chi connectivity index (χ4n) is 3.08. The number of carbonyl (C=O) groups excluding carboxylic acids is 2. The van der Waals surface area contributed by atoms with Crippen molar-refractivity contribution < 1.29 is 14.3 Å². The van der Waals surface area contributed by atoms with Gasteiger partial charge in [-0.3, -0.25) is 9.59 Å². The Morgan fingerprint density at radius 1 is 1.03 bits per heavy atom. The summed E-state index contributed by atoms with van der Waals surface area (Å²) in [5.74, 6) is 0.653. The Hall–Kier alpha value is -2.82. The largest absolute Gasteiger partial charge is 0.494 e. The number of ether oxygens (including phenoxy) is 1. The molecule has 162 valence electrons. The van der Waals surface area contributed by atoms with Crippen molar-refractivity contribution >= 4 is 11.8 Å². The molecule has 0 bridgehead atoms. The number of amides is 2. The van der Waals surface area contributed by atoms with Gasteiger partial charge in [-0.05, 0) is 44.4 Å². The van der Waals surface area contributed by atoms with E-state index in [-0.39, 0.29) is 11.8 Å². The molecule has 2 rings (SSSR count). The normalized spacial score (nSPS) is 11.6. The van der Waals surface area contributed by atoms with Crippen molar-refractivity contribution in [1.29, 1.82) is 0 Å². The van der Waals surface area contributed by atoms with E-state index in [1.54, 1.807) is 11.8 Å². The first kappa shape index (κ1) is 23.5. The molecule has 0 aliphatic carbocycles. The smallest absolute Gasteiger partial charge is 0.242 e. The molecule has 0 heterocycles. The van der Waals surface area contributed by atoms with Gasteiger partial charge in [-0.15, -0.1) is 0 Å². The molecule has 0 aliphatic rings. The average Bonchev–Trinajstić information content (AvgIpc) is 2.76. The lowest BCUT2D eigenvalue weighted by atomic mass is 10.1. The molecule has 2 aromatic carbocycles. The van der Waals surface area contributed by atoms with E-state index < -0.39 is 6.04 Å². The second kappa shape index (κ2) is 12.7. The zero-order valence-corrected chi connectivity index (χ0v) is 18.4. The summed E-state index contributed by atoms with van der Waals surface area (Å²) in [6.07, 6.45) is 2.89. The summed E-state index contributed by atoms with van der Waals surface area (Å²) in [7, 11) is 0. The molecule has 0 spiro atoms. The molecule has 5 heteroatoms. The molecule has 0 aromatic heterocycles. The van der Waals surface area contributed by atoms with Crippen molar-refractivity contribution in [3.63, 3.8) is 0 Å². The fourth-order valence-corrected chi connectivity index (χ4v) is 3.08. The summed E-state index contributed by atoms with van der Waals surface area (Å²) in [5.41, 5.74) is 2.18. The van der Waals surface area contributed by atoms with E-state index in [0.717, 1.165) is 24.2 Å². The third-order valence-corrected chi connectivity index (χ3v) is 5.02. The van der Waals surface area contributed by atoms with Crippen LogP contribution in [0, 0.1) is 6.92 Å². The number of hydrogen-bond donors (Lipinski definition) is 1. The van der Waals surface area contributed by atoms with Crippen LogP contribution in [0.15, 0.2) is 54.6 Å². The third kappa shape index (κ3) is 7.90. The minimum absolute atomic E-state index is 0.0367. The molecule has 0 aliphatic heterocycles. The molecule has 30 heavy (non-hydrogen) atoms. The molecule has 2 amide bonds. The highest BCUT2D eigenvalue weighted by Crippen LogP contribution is 2.14. The molecule has 0 radical (unpaired) electrons. The van der Waals surface area contributed by atoms with E-state index in [1.165, 1.54) is 5.56 Å². The van der Waals surface area contributed by atoms with Crippen LogP contribution in [-0.2, 0) is 16.1 Å². The van der Waals surface area contributed by atoms with Gasteiger partial charge in [0.05, 0.1) is 6.61 Å². The molecule has 1 atom stereocenters. The number of rotatable bonds is 12. The molecule has 2 aromatic rings. The van der Waals surface area contributed by atoms with Crippen molar-refractivity contribution in [3.05, 3.63) is 65.7 Å². The Morgan fingerprint density at radius 2 is 1.73 bits per heavy atom. The van der Waals surface area contributed by atoms with Crippen molar-refractivity contribution in [1.82, 2.24) is 10.2 Å². The van der Waals surface area contributed by atoms with Gasteiger partial charge in [0, 0.05) is 19.5 Å². The lowest BCUT2D eigenvalue weighted by molar-refractivity contribution is -0.140. The average molecular weight is 411 g/mol. The number of aryl methyl sites for hydroxylation is 1.